The summed E-state index contributed by atoms with van der Waals surface area (Å²) in [6.07, 6.45) is 1.30. The second-order valence-corrected chi connectivity index (χ2v) is 9.07. The fourth-order valence-electron chi connectivity index (χ4n) is 3.33. The van der Waals surface area contributed by atoms with E-state index in [0.717, 1.165) is 0 Å². The lowest BCUT2D eigenvalue weighted by Crippen LogP contribution is -2.41. The van der Waals surface area contributed by atoms with Crippen molar-refractivity contribution in [1.82, 2.24) is 9.62 Å². The number of halogens is 2. The van der Waals surface area contributed by atoms with E-state index in [9.17, 15) is 17.6 Å². The molecule has 1 heterocycles. The van der Waals surface area contributed by atoms with Crippen molar-refractivity contribution in [3.63, 3.8) is 0 Å². The lowest BCUT2D eigenvalue weighted by atomic mass is 9.96. The molecule has 0 unspecified atom stereocenters. The first-order chi connectivity index (χ1) is 13.3. The summed E-state index contributed by atoms with van der Waals surface area (Å²) in [5.41, 5.74) is 0.583. The third-order valence-electron chi connectivity index (χ3n) is 5.08. The van der Waals surface area contributed by atoms with Crippen LogP contribution in [-0.4, -0.2) is 38.9 Å². The van der Waals surface area contributed by atoms with Crippen molar-refractivity contribution < 1.29 is 17.6 Å². The Kier molecular flexibility index (Phi) is 6.37. The first kappa shape index (κ1) is 20.8. The van der Waals surface area contributed by atoms with Crippen LogP contribution >= 0.6 is 11.6 Å². The second-order valence-electron chi connectivity index (χ2n) is 6.93. The summed E-state index contributed by atoms with van der Waals surface area (Å²) in [5, 5.41) is 0.405. The molecule has 1 saturated heterocycles. The molecule has 28 heavy (non-hydrogen) atoms. The van der Waals surface area contributed by atoms with E-state index in [1.54, 1.807) is 36.1 Å². The summed E-state index contributed by atoms with van der Waals surface area (Å²) in [6.45, 7) is 2.89. The molecule has 0 aliphatic carbocycles. The molecule has 5 nitrogen and oxygen atoms in total. The Hall–Kier alpha value is -1.96. The number of hydrogen-bond donors (Lipinski definition) is 1. The molecule has 150 valence electrons. The molecule has 1 amide bonds. The Balaban J connectivity index is 1.57. The van der Waals surface area contributed by atoms with Gasteiger partial charge in [-0.3, -0.25) is 4.79 Å². The van der Waals surface area contributed by atoms with E-state index in [4.69, 9.17) is 11.6 Å². The fourth-order valence-corrected chi connectivity index (χ4v) is 4.94. The average molecular weight is 425 g/mol. The van der Waals surface area contributed by atoms with Gasteiger partial charge in [0.25, 0.3) is 5.91 Å². The third kappa shape index (κ3) is 4.54. The predicted octanol–water partition coefficient (Wildman–Crippen LogP) is 3.62. The Labute approximate surface area is 169 Å². The van der Waals surface area contributed by atoms with Crippen molar-refractivity contribution in [1.29, 1.82) is 0 Å². The molecular formula is C20H22ClFN2O3S. The minimum absolute atomic E-state index is 0.0677. The van der Waals surface area contributed by atoms with Gasteiger partial charge in [0.1, 0.15) is 5.82 Å². The highest BCUT2D eigenvalue weighted by atomic mass is 35.5. The Morgan fingerprint density at radius 2 is 1.86 bits per heavy atom. The molecule has 0 spiro atoms. The SMILES string of the molecule is Cc1c(Cl)cccc1S(=O)(=O)NCC1CCN(C(=O)c2ccccc2F)CC1. The number of nitrogens with zero attached hydrogens (tertiary/aromatic N) is 1. The van der Waals surface area contributed by atoms with Gasteiger partial charge in [0.2, 0.25) is 10.0 Å². The molecule has 1 aliphatic heterocycles. The van der Waals surface area contributed by atoms with Crippen LogP contribution in [0.1, 0.15) is 28.8 Å². The van der Waals surface area contributed by atoms with Crippen molar-refractivity contribution >= 4 is 27.5 Å². The predicted molar refractivity (Wildman–Crippen MR) is 106 cm³/mol. The van der Waals surface area contributed by atoms with E-state index in [1.807, 2.05) is 0 Å². The van der Waals surface area contributed by atoms with Crippen LogP contribution in [0, 0.1) is 18.7 Å². The summed E-state index contributed by atoms with van der Waals surface area (Å²) >= 11 is 6.02. The highest BCUT2D eigenvalue weighted by Crippen LogP contribution is 2.24. The van der Waals surface area contributed by atoms with Gasteiger partial charge in [0.05, 0.1) is 10.5 Å². The zero-order valence-electron chi connectivity index (χ0n) is 15.5. The van der Waals surface area contributed by atoms with E-state index in [0.29, 0.717) is 36.5 Å². The van der Waals surface area contributed by atoms with E-state index in [-0.39, 0.29) is 28.8 Å². The summed E-state index contributed by atoms with van der Waals surface area (Å²) in [6, 6.07) is 10.7. The van der Waals surface area contributed by atoms with Gasteiger partial charge in [-0.15, -0.1) is 0 Å². The van der Waals surface area contributed by atoms with Gasteiger partial charge in [0, 0.05) is 24.7 Å². The number of carbonyl (C=O) groups is 1. The molecule has 1 aliphatic rings. The highest BCUT2D eigenvalue weighted by molar-refractivity contribution is 7.89. The number of hydrogen-bond acceptors (Lipinski definition) is 3. The zero-order chi connectivity index (χ0) is 20.3. The number of carbonyl (C=O) groups excluding carboxylic acids is 1. The molecule has 8 heteroatoms. The van der Waals surface area contributed by atoms with Crippen LogP contribution in [0.5, 0.6) is 0 Å². The monoisotopic (exact) mass is 424 g/mol. The topological polar surface area (TPSA) is 66.5 Å². The zero-order valence-corrected chi connectivity index (χ0v) is 17.1. The van der Waals surface area contributed by atoms with Crippen LogP contribution in [0.25, 0.3) is 0 Å². The van der Waals surface area contributed by atoms with Crippen molar-refractivity contribution in [2.75, 3.05) is 19.6 Å². The summed E-state index contributed by atoms with van der Waals surface area (Å²) < 4.78 is 41.6. The Morgan fingerprint density at radius 1 is 1.18 bits per heavy atom. The largest absolute Gasteiger partial charge is 0.339 e. The van der Waals surface area contributed by atoms with Gasteiger partial charge in [-0.25, -0.2) is 17.5 Å². The smallest absolute Gasteiger partial charge is 0.256 e. The van der Waals surface area contributed by atoms with Gasteiger partial charge >= 0.3 is 0 Å². The molecule has 1 fully saturated rings. The van der Waals surface area contributed by atoms with Crippen LogP contribution in [-0.2, 0) is 10.0 Å². The van der Waals surface area contributed by atoms with Crippen molar-refractivity contribution in [2.24, 2.45) is 5.92 Å². The van der Waals surface area contributed by atoms with Gasteiger partial charge in [-0.1, -0.05) is 29.8 Å². The molecule has 0 aromatic heterocycles. The lowest BCUT2D eigenvalue weighted by Gasteiger charge is -2.32. The number of likely N-dealkylation sites (tertiary alicyclic amines) is 1. The first-order valence-corrected chi connectivity index (χ1v) is 10.9. The summed E-state index contributed by atoms with van der Waals surface area (Å²) in [5.74, 6) is -0.745. The maximum Gasteiger partial charge on any atom is 0.256 e. The first-order valence-electron chi connectivity index (χ1n) is 9.08. The number of rotatable bonds is 5. The number of nitrogens with one attached hydrogen (secondary N) is 1. The molecule has 0 radical (unpaired) electrons. The maximum absolute atomic E-state index is 13.8. The van der Waals surface area contributed by atoms with Crippen LogP contribution in [0.3, 0.4) is 0 Å². The van der Waals surface area contributed by atoms with E-state index >= 15 is 0 Å². The number of benzene rings is 2. The standard InChI is InChI=1S/C20H22ClFN2O3S/c1-14-17(21)6-4-8-19(14)28(26,27)23-13-15-9-11-24(12-10-15)20(25)16-5-2-3-7-18(16)22/h2-8,15,23H,9-13H2,1H3. The molecule has 0 saturated carbocycles. The highest BCUT2D eigenvalue weighted by Gasteiger charge is 2.26. The lowest BCUT2D eigenvalue weighted by molar-refractivity contribution is 0.0687. The minimum Gasteiger partial charge on any atom is -0.339 e. The van der Waals surface area contributed by atoms with Crippen LogP contribution in [0.4, 0.5) is 4.39 Å². The quantitative estimate of drug-likeness (QED) is 0.797. The molecule has 1 N–H and O–H groups in total. The van der Waals surface area contributed by atoms with Crippen molar-refractivity contribution in [3.05, 3.63) is 64.4 Å². The number of amides is 1. The maximum atomic E-state index is 13.8. The van der Waals surface area contributed by atoms with Gasteiger partial charge in [-0.05, 0) is 55.5 Å². The van der Waals surface area contributed by atoms with Crippen molar-refractivity contribution in [3.8, 4) is 0 Å². The molecular weight excluding hydrogens is 403 g/mol. The number of piperidine rings is 1. The average Bonchev–Trinajstić information content (AvgIpc) is 2.69. The molecule has 0 atom stereocenters. The Morgan fingerprint density at radius 3 is 2.54 bits per heavy atom. The van der Waals surface area contributed by atoms with E-state index in [1.165, 1.54) is 18.2 Å². The van der Waals surface area contributed by atoms with E-state index in [2.05, 4.69) is 4.72 Å². The van der Waals surface area contributed by atoms with Crippen LogP contribution in [0.2, 0.25) is 5.02 Å². The normalized spacial score (nSPS) is 15.6. The van der Waals surface area contributed by atoms with Gasteiger partial charge in [0.15, 0.2) is 0 Å². The molecule has 2 aromatic carbocycles. The molecule has 3 rings (SSSR count). The molecule has 0 bridgehead atoms. The van der Waals surface area contributed by atoms with Crippen LogP contribution < -0.4 is 4.72 Å². The molecule has 2 aromatic rings. The Bertz CT molecular complexity index is 973. The van der Waals surface area contributed by atoms with Crippen molar-refractivity contribution in [2.45, 2.75) is 24.7 Å². The summed E-state index contributed by atoms with van der Waals surface area (Å²) in [7, 11) is -3.66. The third-order valence-corrected chi connectivity index (χ3v) is 7.05. The second kappa shape index (κ2) is 8.59. The van der Waals surface area contributed by atoms with Gasteiger partial charge in [-0.2, -0.15) is 0 Å². The fraction of sp³-hybridized carbons (Fsp3) is 0.350. The number of sulfonamides is 1. The van der Waals surface area contributed by atoms with Crippen LogP contribution in [0.15, 0.2) is 47.4 Å². The van der Waals surface area contributed by atoms with E-state index < -0.39 is 15.8 Å². The van der Waals surface area contributed by atoms with Gasteiger partial charge < -0.3 is 4.90 Å². The minimum atomic E-state index is -3.66. The summed E-state index contributed by atoms with van der Waals surface area (Å²) in [4.78, 5) is 14.2.